The summed E-state index contributed by atoms with van der Waals surface area (Å²) in [6, 6.07) is 18.8. The minimum atomic E-state index is -0.861. The van der Waals surface area contributed by atoms with Crippen LogP contribution in [0, 0.1) is 0 Å². The standard InChI is InChI=1S/C23H28O3.Li.H/c24-23(25)22-21(26-22)20-17-11-10-16-19(20)15-9-4-2-1-3-6-12-18-13-7-5-8-14-18;;/h5,7-8,10-11,13-14,16-17,21-22H,1-4,6,9,12,15H2,(H,24,25);;. The molecule has 2 unspecified atom stereocenters. The van der Waals surface area contributed by atoms with Crippen LogP contribution in [0.2, 0.25) is 0 Å². The molecule has 1 aliphatic rings. The van der Waals surface area contributed by atoms with Crippen LogP contribution >= 0.6 is 0 Å². The van der Waals surface area contributed by atoms with Gasteiger partial charge in [-0.15, -0.1) is 0 Å². The van der Waals surface area contributed by atoms with Crippen molar-refractivity contribution in [2.45, 2.75) is 63.6 Å². The molecule has 3 rings (SSSR count). The Hall–Kier alpha value is -1.53. The molecule has 1 aliphatic heterocycles. The Morgan fingerprint density at radius 3 is 2.07 bits per heavy atom. The van der Waals surface area contributed by atoms with Gasteiger partial charge in [-0.25, -0.2) is 4.79 Å². The van der Waals surface area contributed by atoms with E-state index < -0.39 is 12.1 Å². The molecule has 2 aromatic rings. The molecular formula is C23H29LiO3. The van der Waals surface area contributed by atoms with Gasteiger partial charge in [0.05, 0.1) is 0 Å². The second-order valence-corrected chi connectivity index (χ2v) is 7.12. The van der Waals surface area contributed by atoms with Crippen molar-refractivity contribution in [1.29, 1.82) is 0 Å². The van der Waals surface area contributed by atoms with Crippen molar-refractivity contribution < 1.29 is 14.6 Å². The van der Waals surface area contributed by atoms with E-state index in [0.717, 1.165) is 18.4 Å². The number of rotatable bonds is 11. The van der Waals surface area contributed by atoms with Gasteiger partial charge in [-0.2, -0.15) is 0 Å². The summed E-state index contributed by atoms with van der Waals surface area (Å²) in [7, 11) is 0. The Labute approximate surface area is 174 Å². The van der Waals surface area contributed by atoms with Gasteiger partial charge in [0.2, 0.25) is 0 Å². The number of ether oxygens (including phenoxy) is 1. The second-order valence-electron chi connectivity index (χ2n) is 7.12. The van der Waals surface area contributed by atoms with Crippen LogP contribution in [0.25, 0.3) is 0 Å². The summed E-state index contributed by atoms with van der Waals surface area (Å²) in [5.41, 5.74) is 3.74. The summed E-state index contributed by atoms with van der Waals surface area (Å²) in [5.74, 6) is -0.861. The van der Waals surface area contributed by atoms with Crippen LogP contribution in [0.4, 0.5) is 0 Å². The van der Waals surface area contributed by atoms with Crippen LogP contribution < -0.4 is 0 Å². The summed E-state index contributed by atoms with van der Waals surface area (Å²) in [5, 5.41) is 9.04. The van der Waals surface area contributed by atoms with Crippen molar-refractivity contribution in [3.05, 3.63) is 71.3 Å². The van der Waals surface area contributed by atoms with E-state index in [-0.39, 0.29) is 25.0 Å². The van der Waals surface area contributed by atoms with Gasteiger partial charge >= 0.3 is 24.8 Å². The molecule has 0 radical (unpaired) electrons. The molecule has 2 aromatic carbocycles. The summed E-state index contributed by atoms with van der Waals surface area (Å²) in [6.07, 6.45) is 8.79. The Balaban J connectivity index is 0.00000261. The fourth-order valence-electron chi connectivity index (χ4n) is 3.57. The van der Waals surface area contributed by atoms with E-state index in [9.17, 15) is 4.79 Å². The average molecular weight is 360 g/mol. The molecule has 0 amide bonds. The van der Waals surface area contributed by atoms with Crippen LogP contribution in [-0.2, 0) is 22.4 Å². The zero-order valence-electron chi connectivity index (χ0n) is 15.3. The Kier molecular flexibility index (Phi) is 9.14. The van der Waals surface area contributed by atoms with Crippen LogP contribution in [0.1, 0.15) is 61.3 Å². The number of unbranched alkanes of at least 4 members (excludes halogenated alkanes) is 5. The third-order valence-corrected chi connectivity index (χ3v) is 5.10. The molecule has 27 heavy (non-hydrogen) atoms. The second kappa shape index (κ2) is 11.3. The van der Waals surface area contributed by atoms with Crippen molar-refractivity contribution >= 4 is 24.8 Å². The fraction of sp³-hybridized carbons (Fsp3) is 0.435. The minimum absolute atomic E-state index is 0. The first-order valence-corrected chi connectivity index (χ1v) is 9.75. The summed E-state index contributed by atoms with van der Waals surface area (Å²) < 4.78 is 5.31. The molecule has 0 spiro atoms. The monoisotopic (exact) mass is 360 g/mol. The van der Waals surface area contributed by atoms with E-state index >= 15 is 0 Å². The molecule has 0 bridgehead atoms. The van der Waals surface area contributed by atoms with E-state index in [4.69, 9.17) is 9.84 Å². The molecule has 1 fully saturated rings. The predicted octanol–water partition coefficient (Wildman–Crippen LogP) is 4.69. The third-order valence-electron chi connectivity index (χ3n) is 5.10. The van der Waals surface area contributed by atoms with Gasteiger partial charge in [0.25, 0.3) is 0 Å². The van der Waals surface area contributed by atoms with Crippen molar-refractivity contribution in [1.82, 2.24) is 0 Å². The molecule has 1 saturated heterocycles. The van der Waals surface area contributed by atoms with Crippen molar-refractivity contribution in [3.63, 3.8) is 0 Å². The number of carboxylic acids is 1. The van der Waals surface area contributed by atoms with Gasteiger partial charge in [-0.3, -0.25) is 0 Å². The van der Waals surface area contributed by atoms with Crippen molar-refractivity contribution in [3.8, 4) is 0 Å². The number of aryl methyl sites for hydroxylation is 2. The van der Waals surface area contributed by atoms with Crippen molar-refractivity contribution in [2.24, 2.45) is 0 Å². The summed E-state index contributed by atoms with van der Waals surface area (Å²) >= 11 is 0. The molecule has 3 nitrogen and oxygen atoms in total. The first-order valence-electron chi connectivity index (χ1n) is 9.75. The van der Waals surface area contributed by atoms with Gasteiger partial charge in [0.1, 0.15) is 6.10 Å². The number of carbonyl (C=O) groups is 1. The number of aliphatic carboxylic acids is 1. The molecule has 0 aromatic heterocycles. The quantitative estimate of drug-likeness (QED) is 0.359. The average Bonchev–Trinajstić information content (AvgIpc) is 3.46. The number of carboxylic acid groups (broad SMARTS) is 1. The van der Waals surface area contributed by atoms with Gasteiger partial charge in [0.15, 0.2) is 6.10 Å². The van der Waals surface area contributed by atoms with Crippen molar-refractivity contribution in [2.75, 3.05) is 0 Å². The van der Waals surface area contributed by atoms with E-state index in [1.165, 1.54) is 49.7 Å². The Morgan fingerprint density at radius 1 is 0.815 bits per heavy atom. The van der Waals surface area contributed by atoms with Gasteiger partial charge in [-0.1, -0.05) is 80.3 Å². The van der Waals surface area contributed by atoms with Gasteiger partial charge in [-0.05, 0) is 42.4 Å². The molecule has 1 heterocycles. The van der Waals surface area contributed by atoms with Crippen LogP contribution in [0.15, 0.2) is 54.6 Å². The Morgan fingerprint density at radius 2 is 1.41 bits per heavy atom. The van der Waals surface area contributed by atoms with Crippen LogP contribution in [0.3, 0.4) is 0 Å². The first-order chi connectivity index (χ1) is 12.8. The van der Waals surface area contributed by atoms with E-state index in [1.807, 2.05) is 18.2 Å². The topological polar surface area (TPSA) is 49.8 Å². The molecule has 140 valence electrons. The zero-order chi connectivity index (χ0) is 18.2. The molecule has 4 heteroatoms. The number of epoxide rings is 1. The molecule has 0 saturated carbocycles. The summed E-state index contributed by atoms with van der Waals surface area (Å²) in [4.78, 5) is 11.0. The molecule has 1 N–H and O–H groups in total. The molecular weight excluding hydrogens is 331 g/mol. The van der Waals surface area contributed by atoms with E-state index in [0.29, 0.717) is 0 Å². The third kappa shape index (κ3) is 6.85. The number of hydrogen-bond acceptors (Lipinski definition) is 2. The van der Waals surface area contributed by atoms with Crippen LogP contribution in [0.5, 0.6) is 0 Å². The number of hydrogen-bond donors (Lipinski definition) is 1. The fourth-order valence-corrected chi connectivity index (χ4v) is 3.57. The van der Waals surface area contributed by atoms with E-state index in [1.54, 1.807) is 0 Å². The van der Waals surface area contributed by atoms with E-state index in [2.05, 4.69) is 36.4 Å². The molecule has 2 atom stereocenters. The predicted molar refractivity (Wildman–Crippen MR) is 110 cm³/mol. The maximum atomic E-state index is 11.0. The number of benzene rings is 2. The molecule has 0 aliphatic carbocycles. The maximum absolute atomic E-state index is 11.0. The van der Waals surface area contributed by atoms with Gasteiger partial charge in [0, 0.05) is 0 Å². The SMILES string of the molecule is O=C(O)C1OC1c1ccccc1CCCCCCCCc1ccccc1.[LiH]. The van der Waals surface area contributed by atoms with Gasteiger partial charge < -0.3 is 9.84 Å². The summed E-state index contributed by atoms with van der Waals surface area (Å²) in [6.45, 7) is 0. The normalized spacial score (nSPS) is 17.9. The Bertz CT molecular complexity index is 702. The first kappa shape index (κ1) is 21.8. The van der Waals surface area contributed by atoms with Crippen LogP contribution in [-0.4, -0.2) is 36.0 Å². The zero-order valence-corrected chi connectivity index (χ0v) is 15.3.